The molecular weight excluding hydrogens is 404 g/mol. The molecule has 3 aromatic rings. The van der Waals surface area contributed by atoms with Gasteiger partial charge in [0.1, 0.15) is 0 Å². The molecule has 6 heteroatoms. The number of carbonyl (C=O) groups excluding carboxylic acids is 2. The summed E-state index contributed by atoms with van der Waals surface area (Å²) in [4.78, 5) is 24.5. The number of amides is 2. The van der Waals surface area contributed by atoms with Crippen molar-refractivity contribution >= 4 is 23.2 Å². The lowest BCUT2D eigenvalue weighted by atomic mass is 10.1. The minimum atomic E-state index is -0.308. The monoisotopic (exact) mass is 432 g/mol. The number of hydrogen-bond acceptors (Lipinski definition) is 4. The Morgan fingerprint density at radius 2 is 1.47 bits per heavy atom. The molecule has 3 rings (SSSR count). The van der Waals surface area contributed by atoms with Gasteiger partial charge in [-0.1, -0.05) is 48.0 Å². The summed E-state index contributed by atoms with van der Waals surface area (Å²) in [6.07, 6.45) is 2.05. The fourth-order valence-corrected chi connectivity index (χ4v) is 3.18. The van der Waals surface area contributed by atoms with Gasteiger partial charge in [0.05, 0.1) is 7.11 Å². The number of methoxy groups -OCH3 is 1. The van der Waals surface area contributed by atoms with Crippen molar-refractivity contribution in [2.24, 2.45) is 0 Å². The molecule has 0 saturated heterocycles. The Balaban J connectivity index is 1.45. The lowest BCUT2D eigenvalue weighted by molar-refractivity contribution is -0.118. The van der Waals surface area contributed by atoms with E-state index in [1.165, 1.54) is 11.1 Å². The highest BCUT2D eigenvalue weighted by atomic mass is 16.5. The van der Waals surface area contributed by atoms with Gasteiger partial charge in [-0.2, -0.15) is 0 Å². The van der Waals surface area contributed by atoms with Crippen LogP contribution in [0.25, 0.3) is 0 Å². The van der Waals surface area contributed by atoms with Crippen molar-refractivity contribution in [1.82, 2.24) is 0 Å². The topological polar surface area (TPSA) is 76.7 Å². The smallest absolute Gasteiger partial charge is 0.262 e. The predicted octanol–water partition coefficient (Wildman–Crippen LogP) is 4.98. The Morgan fingerprint density at radius 3 is 2.16 bits per heavy atom. The number of ether oxygens (including phenoxy) is 2. The molecule has 0 radical (unpaired) electrons. The van der Waals surface area contributed by atoms with Crippen LogP contribution in [-0.4, -0.2) is 25.5 Å². The molecule has 0 aliphatic carbocycles. The highest BCUT2D eigenvalue weighted by Crippen LogP contribution is 2.25. The van der Waals surface area contributed by atoms with Crippen molar-refractivity contribution in [1.29, 1.82) is 0 Å². The molecule has 3 aromatic carbocycles. The minimum Gasteiger partial charge on any atom is -0.493 e. The third-order valence-corrected chi connectivity index (χ3v) is 4.85. The lowest BCUT2D eigenvalue weighted by Gasteiger charge is -2.11. The standard InChI is InChI=1S/C26H28N2O4/c1-19-13-15-20(16-14-19)7-5-12-25(29)27-21-8-6-9-22(17-21)28-26(30)18-32-24-11-4-3-10-23(24)31-2/h3-4,6,8-11,13-17H,5,7,12,18H2,1-2H3,(H,27,29)(H,28,30). The van der Waals surface area contributed by atoms with Crippen LogP contribution in [-0.2, 0) is 16.0 Å². The van der Waals surface area contributed by atoms with Crippen LogP contribution in [0.5, 0.6) is 11.5 Å². The van der Waals surface area contributed by atoms with Gasteiger partial charge in [0.15, 0.2) is 18.1 Å². The molecule has 0 aliphatic heterocycles. The van der Waals surface area contributed by atoms with Crippen LogP contribution in [0.1, 0.15) is 24.0 Å². The van der Waals surface area contributed by atoms with E-state index in [0.717, 1.165) is 12.8 Å². The van der Waals surface area contributed by atoms with Gasteiger partial charge in [0.2, 0.25) is 5.91 Å². The molecule has 0 bridgehead atoms. The Hall–Kier alpha value is -3.80. The first-order chi connectivity index (χ1) is 15.5. The van der Waals surface area contributed by atoms with Gasteiger partial charge in [-0.15, -0.1) is 0 Å². The fraction of sp³-hybridized carbons (Fsp3) is 0.231. The van der Waals surface area contributed by atoms with Crippen molar-refractivity contribution < 1.29 is 19.1 Å². The van der Waals surface area contributed by atoms with Crippen molar-refractivity contribution in [3.05, 3.63) is 83.9 Å². The number of hydrogen-bond donors (Lipinski definition) is 2. The molecule has 0 heterocycles. The summed E-state index contributed by atoms with van der Waals surface area (Å²) < 4.78 is 10.7. The summed E-state index contributed by atoms with van der Waals surface area (Å²) in [5, 5.41) is 5.66. The third kappa shape index (κ3) is 7.16. The summed E-state index contributed by atoms with van der Waals surface area (Å²) in [6, 6.07) is 22.5. The van der Waals surface area contributed by atoms with Crippen molar-refractivity contribution in [3.8, 4) is 11.5 Å². The number of carbonyl (C=O) groups is 2. The molecule has 0 aromatic heterocycles. The molecule has 0 unspecified atom stereocenters. The fourth-order valence-electron chi connectivity index (χ4n) is 3.18. The first kappa shape index (κ1) is 22.9. The number of benzene rings is 3. The van der Waals surface area contributed by atoms with Crippen LogP contribution >= 0.6 is 0 Å². The quantitative estimate of drug-likeness (QED) is 0.474. The molecule has 166 valence electrons. The van der Waals surface area contributed by atoms with E-state index in [1.807, 2.05) is 12.1 Å². The first-order valence-electron chi connectivity index (χ1n) is 10.5. The Kier molecular flexibility index (Phi) is 8.26. The molecule has 2 N–H and O–H groups in total. The largest absolute Gasteiger partial charge is 0.493 e. The second kappa shape index (κ2) is 11.6. The normalized spacial score (nSPS) is 10.3. The summed E-state index contributed by atoms with van der Waals surface area (Å²) in [5.41, 5.74) is 3.66. The molecular formula is C26H28N2O4. The average Bonchev–Trinajstić information content (AvgIpc) is 2.79. The van der Waals surface area contributed by atoms with Crippen molar-refractivity contribution in [3.63, 3.8) is 0 Å². The average molecular weight is 433 g/mol. The summed E-state index contributed by atoms with van der Waals surface area (Å²) in [6.45, 7) is 1.90. The predicted molar refractivity (Wildman–Crippen MR) is 126 cm³/mol. The first-order valence-corrected chi connectivity index (χ1v) is 10.5. The van der Waals surface area contributed by atoms with Crippen LogP contribution in [0.15, 0.2) is 72.8 Å². The van der Waals surface area contributed by atoms with E-state index < -0.39 is 0 Å². The van der Waals surface area contributed by atoms with E-state index in [9.17, 15) is 9.59 Å². The zero-order valence-electron chi connectivity index (χ0n) is 18.4. The highest BCUT2D eigenvalue weighted by Gasteiger charge is 2.09. The van der Waals surface area contributed by atoms with Gasteiger partial charge in [-0.25, -0.2) is 0 Å². The Morgan fingerprint density at radius 1 is 0.812 bits per heavy atom. The van der Waals surface area contributed by atoms with Gasteiger partial charge in [0.25, 0.3) is 5.91 Å². The van der Waals surface area contributed by atoms with Gasteiger partial charge in [-0.3, -0.25) is 9.59 Å². The molecule has 32 heavy (non-hydrogen) atoms. The molecule has 2 amide bonds. The lowest BCUT2D eigenvalue weighted by Crippen LogP contribution is -2.20. The van der Waals surface area contributed by atoms with E-state index in [-0.39, 0.29) is 18.4 Å². The Labute approximate surface area is 188 Å². The number of anilines is 2. The number of nitrogens with one attached hydrogen (secondary N) is 2. The van der Waals surface area contributed by atoms with Gasteiger partial charge < -0.3 is 20.1 Å². The molecule has 6 nitrogen and oxygen atoms in total. The van der Waals surface area contributed by atoms with E-state index in [4.69, 9.17) is 9.47 Å². The third-order valence-electron chi connectivity index (χ3n) is 4.85. The Bertz CT molecular complexity index is 1050. The van der Waals surface area contributed by atoms with Crippen LogP contribution in [0.2, 0.25) is 0 Å². The van der Waals surface area contributed by atoms with E-state index in [1.54, 1.807) is 43.5 Å². The van der Waals surface area contributed by atoms with Crippen LogP contribution < -0.4 is 20.1 Å². The van der Waals surface area contributed by atoms with Gasteiger partial charge in [-0.05, 0) is 55.7 Å². The zero-order chi connectivity index (χ0) is 22.8. The maximum atomic E-state index is 12.3. The highest BCUT2D eigenvalue weighted by molar-refractivity contribution is 5.94. The van der Waals surface area contributed by atoms with E-state index >= 15 is 0 Å². The maximum absolute atomic E-state index is 12.3. The summed E-state index contributed by atoms with van der Waals surface area (Å²) in [7, 11) is 1.55. The van der Waals surface area contributed by atoms with E-state index in [2.05, 4.69) is 41.8 Å². The molecule has 0 spiro atoms. The molecule has 0 atom stereocenters. The van der Waals surface area contributed by atoms with Crippen molar-refractivity contribution in [2.75, 3.05) is 24.4 Å². The molecule has 0 aliphatic rings. The second-order valence-corrected chi connectivity index (χ2v) is 7.46. The van der Waals surface area contributed by atoms with Crippen LogP contribution in [0, 0.1) is 6.92 Å². The van der Waals surface area contributed by atoms with Crippen molar-refractivity contribution in [2.45, 2.75) is 26.2 Å². The summed E-state index contributed by atoms with van der Waals surface area (Å²) >= 11 is 0. The second-order valence-electron chi connectivity index (χ2n) is 7.46. The SMILES string of the molecule is COc1ccccc1OCC(=O)Nc1cccc(NC(=O)CCCc2ccc(C)cc2)c1. The number of rotatable bonds is 10. The number of aryl methyl sites for hydroxylation is 2. The molecule has 0 fully saturated rings. The minimum absolute atomic E-state index is 0.0555. The number of para-hydroxylation sites is 2. The maximum Gasteiger partial charge on any atom is 0.262 e. The molecule has 0 saturated carbocycles. The zero-order valence-corrected chi connectivity index (χ0v) is 18.4. The van der Waals surface area contributed by atoms with E-state index in [0.29, 0.717) is 29.3 Å². The van der Waals surface area contributed by atoms with Crippen LogP contribution in [0.3, 0.4) is 0 Å². The van der Waals surface area contributed by atoms with Crippen LogP contribution in [0.4, 0.5) is 11.4 Å². The van der Waals surface area contributed by atoms with Gasteiger partial charge >= 0.3 is 0 Å². The summed E-state index contributed by atoms with van der Waals surface area (Å²) in [5.74, 6) is 0.696. The van der Waals surface area contributed by atoms with Gasteiger partial charge in [0, 0.05) is 17.8 Å².